The summed E-state index contributed by atoms with van der Waals surface area (Å²) in [7, 11) is 0. The standard InChI is InChI=1S/C19H19NO3/c1-19(2)8-12-16(14(21)9-19)15(11-6-4-3-5-7-11)17-13(20-12)10-23-18(17)22/h3-7,15,20H,8-10H2,1-2H3. The predicted octanol–water partition coefficient (Wildman–Crippen LogP) is 2.83. The van der Waals surface area contributed by atoms with Crippen molar-refractivity contribution in [2.45, 2.75) is 32.6 Å². The second-order valence-electron chi connectivity index (χ2n) is 7.27. The minimum atomic E-state index is -0.314. The van der Waals surface area contributed by atoms with Crippen LogP contribution in [0.2, 0.25) is 0 Å². The summed E-state index contributed by atoms with van der Waals surface area (Å²) in [4.78, 5) is 25.1. The van der Waals surface area contributed by atoms with Crippen molar-refractivity contribution >= 4 is 11.8 Å². The van der Waals surface area contributed by atoms with Crippen molar-refractivity contribution < 1.29 is 14.3 Å². The van der Waals surface area contributed by atoms with E-state index in [1.165, 1.54) is 0 Å². The van der Waals surface area contributed by atoms with Crippen LogP contribution in [0.25, 0.3) is 0 Å². The molecule has 3 aliphatic rings. The number of benzene rings is 1. The molecule has 0 bridgehead atoms. The highest BCUT2D eigenvalue weighted by Crippen LogP contribution is 2.47. The average Bonchev–Trinajstić information content (AvgIpc) is 2.86. The largest absolute Gasteiger partial charge is 0.456 e. The van der Waals surface area contributed by atoms with Crippen molar-refractivity contribution in [2.75, 3.05) is 6.61 Å². The second kappa shape index (κ2) is 4.82. The van der Waals surface area contributed by atoms with E-state index in [0.29, 0.717) is 12.0 Å². The normalized spacial score (nSPS) is 25.7. The van der Waals surface area contributed by atoms with Crippen LogP contribution in [0.4, 0.5) is 0 Å². The lowest BCUT2D eigenvalue weighted by Gasteiger charge is -2.38. The molecule has 0 fully saturated rings. The summed E-state index contributed by atoms with van der Waals surface area (Å²) in [6.07, 6.45) is 1.32. The fourth-order valence-electron chi connectivity index (χ4n) is 3.90. The second-order valence-corrected chi connectivity index (χ2v) is 7.27. The van der Waals surface area contributed by atoms with E-state index >= 15 is 0 Å². The number of nitrogens with one attached hydrogen (secondary N) is 1. The summed E-state index contributed by atoms with van der Waals surface area (Å²) in [5.41, 5.74) is 4.02. The molecule has 1 unspecified atom stereocenters. The number of Topliss-reactive ketones (excluding diaryl/α,β-unsaturated/α-hetero) is 1. The number of hydrogen-bond acceptors (Lipinski definition) is 4. The minimum Gasteiger partial charge on any atom is -0.456 e. The van der Waals surface area contributed by atoms with Crippen molar-refractivity contribution in [3.05, 3.63) is 58.4 Å². The van der Waals surface area contributed by atoms with Gasteiger partial charge in [0.2, 0.25) is 0 Å². The molecule has 1 aliphatic carbocycles. The average molecular weight is 309 g/mol. The summed E-state index contributed by atoms with van der Waals surface area (Å²) >= 11 is 0. The Bertz CT molecular complexity index is 771. The molecule has 1 aromatic rings. The van der Waals surface area contributed by atoms with Gasteiger partial charge in [-0.2, -0.15) is 0 Å². The van der Waals surface area contributed by atoms with Crippen molar-refractivity contribution in [3.8, 4) is 0 Å². The molecule has 4 heteroatoms. The summed E-state index contributed by atoms with van der Waals surface area (Å²) < 4.78 is 5.23. The SMILES string of the molecule is CC1(C)CC(=O)C2=C(C1)NC1=C(C(=O)OC1)C2c1ccccc1. The van der Waals surface area contributed by atoms with Crippen LogP contribution in [0, 0.1) is 5.41 Å². The number of esters is 1. The fraction of sp³-hybridized carbons (Fsp3) is 0.368. The first-order valence-electron chi connectivity index (χ1n) is 7.95. The zero-order valence-electron chi connectivity index (χ0n) is 13.3. The monoisotopic (exact) mass is 309 g/mol. The number of rotatable bonds is 1. The Morgan fingerprint density at radius 3 is 2.52 bits per heavy atom. The molecule has 23 heavy (non-hydrogen) atoms. The molecule has 0 spiro atoms. The van der Waals surface area contributed by atoms with Gasteiger partial charge in [0.1, 0.15) is 6.61 Å². The molecule has 0 aromatic heterocycles. The Morgan fingerprint density at radius 2 is 1.78 bits per heavy atom. The number of ketones is 1. The van der Waals surface area contributed by atoms with E-state index in [1.807, 2.05) is 30.3 Å². The molecule has 118 valence electrons. The number of carbonyl (C=O) groups is 2. The third-order valence-electron chi connectivity index (χ3n) is 4.82. The van der Waals surface area contributed by atoms with Crippen LogP contribution in [0.15, 0.2) is 52.9 Å². The van der Waals surface area contributed by atoms with Crippen LogP contribution in [0.1, 0.15) is 38.2 Å². The lowest BCUT2D eigenvalue weighted by Crippen LogP contribution is -2.37. The van der Waals surface area contributed by atoms with Crippen molar-refractivity contribution in [1.29, 1.82) is 0 Å². The lowest BCUT2D eigenvalue weighted by molar-refractivity contribution is -0.136. The molecule has 1 aromatic carbocycles. The van der Waals surface area contributed by atoms with Gasteiger partial charge in [0.25, 0.3) is 0 Å². The molecule has 1 atom stereocenters. The highest BCUT2D eigenvalue weighted by atomic mass is 16.5. The van der Waals surface area contributed by atoms with Gasteiger partial charge in [-0.1, -0.05) is 44.2 Å². The van der Waals surface area contributed by atoms with Crippen molar-refractivity contribution in [3.63, 3.8) is 0 Å². The van der Waals surface area contributed by atoms with Crippen molar-refractivity contribution in [2.24, 2.45) is 5.41 Å². The van der Waals surface area contributed by atoms with Gasteiger partial charge in [-0.15, -0.1) is 0 Å². The Hall–Kier alpha value is -2.36. The van der Waals surface area contributed by atoms with Crippen LogP contribution in [-0.4, -0.2) is 18.4 Å². The molecular weight excluding hydrogens is 290 g/mol. The molecule has 0 saturated carbocycles. The maximum atomic E-state index is 12.9. The molecular formula is C19H19NO3. The smallest absolute Gasteiger partial charge is 0.337 e. The molecule has 4 rings (SSSR count). The van der Waals surface area contributed by atoms with Crippen LogP contribution >= 0.6 is 0 Å². The Labute approximate surface area is 135 Å². The predicted molar refractivity (Wildman–Crippen MR) is 85.4 cm³/mol. The third kappa shape index (κ3) is 2.21. The number of carbonyl (C=O) groups excluding carboxylic acids is 2. The first-order valence-corrected chi connectivity index (χ1v) is 7.95. The van der Waals surface area contributed by atoms with Gasteiger partial charge in [-0.25, -0.2) is 4.79 Å². The minimum absolute atomic E-state index is 0.0638. The van der Waals surface area contributed by atoms with Crippen molar-refractivity contribution in [1.82, 2.24) is 5.32 Å². The first kappa shape index (κ1) is 14.2. The highest BCUT2D eigenvalue weighted by Gasteiger charge is 2.45. The molecule has 0 amide bonds. The first-order chi connectivity index (χ1) is 11.0. The van der Waals surface area contributed by atoms with Gasteiger partial charge < -0.3 is 10.1 Å². The number of allylic oxidation sites excluding steroid dienone is 2. The van der Waals surface area contributed by atoms with Gasteiger partial charge in [0.15, 0.2) is 5.78 Å². The Morgan fingerprint density at radius 1 is 1.04 bits per heavy atom. The maximum Gasteiger partial charge on any atom is 0.337 e. The number of dihydropyridines is 1. The van der Waals surface area contributed by atoms with Gasteiger partial charge in [-0.3, -0.25) is 4.79 Å². The summed E-state index contributed by atoms with van der Waals surface area (Å²) in [5, 5.41) is 3.33. The number of ether oxygens (including phenoxy) is 1. The topological polar surface area (TPSA) is 55.4 Å². The molecule has 0 radical (unpaired) electrons. The number of cyclic esters (lactones) is 1. The van der Waals surface area contributed by atoms with E-state index in [2.05, 4.69) is 19.2 Å². The molecule has 2 aliphatic heterocycles. The number of hydrogen-bond donors (Lipinski definition) is 1. The van der Waals surface area contributed by atoms with Gasteiger partial charge >= 0.3 is 5.97 Å². The molecule has 2 heterocycles. The maximum absolute atomic E-state index is 12.9. The van der Waals surface area contributed by atoms with E-state index in [9.17, 15) is 9.59 Å². The van der Waals surface area contributed by atoms with E-state index < -0.39 is 0 Å². The van der Waals surface area contributed by atoms with E-state index in [1.54, 1.807) is 0 Å². The van der Waals surface area contributed by atoms with Crippen LogP contribution in [0.3, 0.4) is 0 Å². The van der Waals surface area contributed by atoms with Crippen LogP contribution in [0.5, 0.6) is 0 Å². The summed E-state index contributed by atoms with van der Waals surface area (Å²) in [6, 6.07) is 9.77. The molecule has 0 saturated heterocycles. The molecule has 4 nitrogen and oxygen atoms in total. The van der Waals surface area contributed by atoms with E-state index in [0.717, 1.165) is 29.0 Å². The van der Waals surface area contributed by atoms with Gasteiger partial charge in [0.05, 0.1) is 11.3 Å². The highest BCUT2D eigenvalue weighted by molar-refractivity contribution is 6.04. The van der Waals surface area contributed by atoms with E-state index in [-0.39, 0.29) is 29.7 Å². The summed E-state index contributed by atoms with van der Waals surface area (Å²) in [6.45, 7) is 4.48. The van der Waals surface area contributed by atoms with Crippen LogP contribution < -0.4 is 5.32 Å². The summed E-state index contributed by atoms with van der Waals surface area (Å²) in [5.74, 6) is -0.490. The van der Waals surface area contributed by atoms with Crippen LogP contribution in [-0.2, 0) is 14.3 Å². The Kier molecular flexibility index (Phi) is 2.98. The molecule has 1 N–H and O–H groups in total. The quantitative estimate of drug-likeness (QED) is 0.811. The zero-order chi connectivity index (χ0) is 16.2. The van der Waals surface area contributed by atoms with E-state index in [4.69, 9.17) is 4.74 Å². The zero-order valence-corrected chi connectivity index (χ0v) is 13.3. The lowest BCUT2D eigenvalue weighted by atomic mass is 9.69. The van der Waals surface area contributed by atoms with Gasteiger partial charge in [0, 0.05) is 23.6 Å². The Balaban J connectivity index is 1.90. The fourth-order valence-corrected chi connectivity index (χ4v) is 3.90. The van der Waals surface area contributed by atoms with Gasteiger partial charge in [-0.05, 0) is 17.4 Å². The third-order valence-corrected chi connectivity index (χ3v) is 4.82.